The van der Waals surface area contributed by atoms with Crippen LogP contribution in [-0.4, -0.2) is 7.02 Å². The van der Waals surface area contributed by atoms with Gasteiger partial charge in [0.25, 0.3) is 0 Å². The van der Waals surface area contributed by atoms with Crippen molar-refractivity contribution in [3.05, 3.63) is 0 Å². The molecule has 0 atom stereocenters. The largest absolute Gasteiger partial charge is 0.128 e. The lowest BCUT2D eigenvalue weighted by Gasteiger charge is -2.17. The molecular formula is C6H13ISi. The standard InChI is InChI=1S/C6H13ISi/c7-8-6-4-2-1-3-5-6/h6H,1-5,8H2. The van der Waals surface area contributed by atoms with Gasteiger partial charge in [-0.2, -0.15) is 0 Å². The highest BCUT2D eigenvalue weighted by atomic mass is 127. The molecule has 0 bridgehead atoms. The Labute approximate surface area is 66.5 Å². The van der Waals surface area contributed by atoms with Gasteiger partial charge in [0.2, 0.25) is 0 Å². The zero-order valence-electron chi connectivity index (χ0n) is 5.20. The van der Waals surface area contributed by atoms with Gasteiger partial charge in [0.15, 0.2) is 0 Å². The molecule has 0 spiro atoms. The summed E-state index contributed by atoms with van der Waals surface area (Å²) in [5.74, 6) is 0. The molecule has 0 nitrogen and oxygen atoms in total. The number of hydrogen-bond acceptors (Lipinski definition) is 0. The maximum atomic E-state index is 2.65. The summed E-state index contributed by atoms with van der Waals surface area (Å²) in [6, 6.07) is 0. The van der Waals surface area contributed by atoms with E-state index < -0.39 is 0 Å². The summed E-state index contributed by atoms with van der Waals surface area (Å²) in [5, 5.41) is 0. The monoisotopic (exact) mass is 240 g/mol. The molecule has 0 aliphatic heterocycles. The van der Waals surface area contributed by atoms with Gasteiger partial charge in [0, 0.05) is 0 Å². The molecule has 0 aromatic carbocycles. The molecule has 0 amide bonds. The molecule has 0 aromatic rings. The minimum atomic E-state index is 0.338. The molecular weight excluding hydrogens is 227 g/mol. The molecule has 1 saturated carbocycles. The van der Waals surface area contributed by atoms with E-state index in [2.05, 4.69) is 21.8 Å². The van der Waals surface area contributed by atoms with Crippen molar-refractivity contribution in [2.24, 2.45) is 0 Å². The Morgan fingerprint density at radius 2 is 1.75 bits per heavy atom. The van der Waals surface area contributed by atoms with E-state index in [1.807, 2.05) is 0 Å². The Hall–Kier alpha value is 0.947. The SMILES string of the molecule is I[SiH2]C1CCCCC1. The van der Waals surface area contributed by atoms with Crippen molar-refractivity contribution in [1.82, 2.24) is 0 Å². The zero-order valence-corrected chi connectivity index (χ0v) is 8.77. The number of rotatable bonds is 1. The van der Waals surface area contributed by atoms with Crippen LogP contribution < -0.4 is 0 Å². The van der Waals surface area contributed by atoms with Gasteiger partial charge in [-0.15, -0.1) is 21.8 Å². The summed E-state index contributed by atoms with van der Waals surface area (Å²) in [4.78, 5) is 0. The number of halogens is 1. The normalized spacial score (nSPS) is 25.1. The minimum absolute atomic E-state index is 0.338. The summed E-state index contributed by atoms with van der Waals surface area (Å²) in [6.07, 6.45) is 7.70. The first-order valence-corrected chi connectivity index (χ1v) is 9.42. The lowest BCUT2D eigenvalue weighted by molar-refractivity contribution is 0.504. The van der Waals surface area contributed by atoms with Gasteiger partial charge < -0.3 is 0 Å². The maximum Gasteiger partial charge on any atom is 0.0968 e. The fraction of sp³-hybridized carbons (Fsp3) is 1.00. The lowest BCUT2D eigenvalue weighted by atomic mass is 10.0. The van der Waals surface area contributed by atoms with Gasteiger partial charge in [0.1, 0.15) is 0 Å². The van der Waals surface area contributed by atoms with Crippen LogP contribution in [0.25, 0.3) is 0 Å². The fourth-order valence-electron chi connectivity index (χ4n) is 1.34. The van der Waals surface area contributed by atoms with E-state index in [1.165, 1.54) is 24.8 Å². The van der Waals surface area contributed by atoms with Gasteiger partial charge in [-0.3, -0.25) is 0 Å². The Morgan fingerprint density at radius 1 is 1.12 bits per heavy atom. The maximum absolute atomic E-state index is 2.65. The summed E-state index contributed by atoms with van der Waals surface area (Å²) < 4.78 is 0. The quantitative estimate of drug-likeness (QED) is 0.374. The van der Waals surface area contributed by atoms with Crippen molar-refractivity contribution >= 4 is 28.8 Å². The van der Waals surface area contributed by atoms with E-state index in [4.69, 9.17) is 0 Å². The third-order valence-electron chi connectivity index (χ3n) is 1.94. The van der Waals surface area contributed by atoms with Crippen LogP contribution >= 0.6 is 21.8 Å². The van der Waals surface area contributed by atoms with E-state index in [1.54, 1.807) is 12.8 Å². The summed E-state index contributed by atoms with van der Waals surface area (Å²) >= 11 is 2.65. The second-order valence-electron chi connectivity index (χ2n) is 2.66. The zero-order chi connectivity index (χ0) is 5.82. The van der Waals surface area contributed by atoms with Crippen LogP contribution in [0.5, 0.6) is 0 Å². The van der Waals surface area contributed by atoms with Gasteiger partial charge >= 0.3 is 0 Å². The van der Waals surface area contributed by atoms with Crippen LogP contribution in [0.4, 0.5) is 0 Å². The van der Waals surface area contributed by atoms with Crippen molar-refractivity contribution in [3.8, 4) is 0 Å². The average Bonchev–Trinajstić information content (AvgIpc) is 1.90. The van der Waals surface area contributed by atoms with Crippen molar-refractivity contribution in [3.63, 3.8) is 0 Å². The molecule has 1 aliphatic carbocycles. The molecule has 1 fully saturated rings. The molecule has 0 saturated heterocycles. The molecule has 1 aliphatic rings. The van der Waals surface area contributed by atoms with E-state index in [0.717, 1.165) is 0 Å². The first-order valence-electron chi connectivity index (χ1n) is 3.49. The molecule has 8 heavy (non-hydrogen) atoms. The summed E-state index contributed by atoms with van der Waals surface area (Å²) in [6.45, 7) is 0. The Balaban J connectivity index is 2.13. The highest BCUT2D eigenvalue weighted by Crippen LogP contribution is 2.28. The Bertz CT molecular complexity index is 59.5. The van der Waals surface area contributed by atoms with Crippen LogP contribution in [0, 0.1) is 0 Å². The third-order valence-corrected chi connectivity index (χ3v) is 6.93. The van der Waals surface area contributed by atoms with E-state index in [0.29, 0.717) is 7.02 Å². The van der Waals surface area contributed by atoms with Crippen LogP contribution in [0.3, 0.4) is 0 Å². The smallest absolute Gasteiger partial charge is 0.0968 e. The van der Waals surface area contributed by atoms with E-state index in [9.17, 15) is 0 Å². The van der Waals surface area contributed by atoms with Crippen LogP contribution in [0.1, 0.15) is 32.1 Å². The highest BCUT2D eigenvalue weighted by Gasteiger charge is 2.10. The van der Waals surface area contributed by atoms with E-state index in [-0.39, 0.29) is 0 Å². The first kappa shape index (κ1) is 7.06. The molecule has 0 heterocycles. The predicted octanol–water partition coefficient (Wildman–Crippen LogP) is 2.26. The summed E-state index contributed by atoms with van der Waals surface area (Å²) in [7, 11) is 0.338. The van der Waals surface area contributed by atoms with Crippen LogP contribution in [-0.2, 0) is 0 Å². The highest BCUT2D eigenvalue weighted by molar-refractivity contribution is 14.1. The molecule has 48 valence electrons. The van der Waals surface area contributed by atoms with Crippen LogP contribution in [0.2, 0.25) is 5.54 Å². The average molecular weight is 240 g/mol. The first-order chi connectivity index (χ1) is 3.93. The van der Waals surface area contributed by atoms with E-state index >= 15 is 0 Å². The van der Waals surface area contributed by atoms with Crippen molar-refractivity contribution in [2.75, 3.05) is 0 Å². The Morgan fingerprint density at radius 3 is 2.12 bits per heavy atom. The second kappa shape index (κ2) is 3.88. The molecule has 1 rings (SSSR count). The summed E-state index contributed by atoms with van der Waals surface area (Å²) in [5.41, 5.74) is 1.21. The Kier molecular flexibility index (Phi) is 3.42. The van der Waals surface area contributed by atoms with Crippen molar-refractivity contribution < 1.29 is 0 Å². The molecule has 0 radical (unpaired) electrons. The second-order valence-corrected chi connectivity index (χ2v) is 6.76. The number of hydrogen-bond donors (Lipinski definition) is 0. The molecule has 0 aromatic heterocycles. The third kappa shape index (κ3) is 2.05. The van der Waals surface area contributed by atoms with Crippen LogP contribution in [0.15, 0.2) is 0 Å². The lowest BCUT2D eigenvalue weighted by Crippen LogP contribution is -2.02. The van der Waals surface area contributed by atoms with Gasteiger partial charge in [0.05, 0.1) is 7.02 Å². The van der Waals surface area contributed by atoms with Gasteiger partial charge in [-0.25, -0.2) is 0 Å². The minimum Gasteiger partial charge on any atom is -0.128 e. The molecule has 0 unspecified atom stereocenters. The topological polar surface area (TPSA) is 0 Å². The van der Waals surface area contributed by atoms with Crippen molar-refractivity contribution in [2.45, 2.75) is 37.6 Å². The molecule has 2 heteroatoms. The van der Waals surface area contributed by atoms with Gasteiger partial charge in [-0.05, 0) is 5.54 Å². The molecule has 0 N–H and O–H groups in total. The predicted molar refractivity (Wildman–Crippen MR) is 49.4 cm³/mol. The fourth-order valence-corrected chi connectivity index (χ4v) is 4.87. The van der Waals surface area contributed by atoms with Crippen molar-refractivity contribution in [1.29, 1.82) is 0 Å². The van der Waals surface area contributed by atoms with Gasteiger partial charge in [-0.1, -0.05) is 32.1 Å².